The Hall–Kier alpha value is -1.28. The molecule has 1 aliphatic carbocycles. The Morgan fingerprint density at radius 2 is 2.16 bits per heavy atom. The van der Waals surface area contributed by atoms with Crippen molar-refractivity contribution in [1.82, 2.24) is 10.3 Å². The van der Waals surface area contributed by atoms with Gasteiger partial charge in [-0.3, -0.25) is 0 Å². The molecule has 100 valence electrons. The van der Waals surface area contributed by atoms with Crippen LogP contribution in [0.2, 0.25) is 0 Å². The highest BCUT2D eigenvalue weighted by atomic mass is 15.0. The van der Waals surface area contributed by atoms with Crippen LogP contribution in [0, 0.1) is 5.92 Å². The van der Waals surface area contributed by atoms with Crippen LogP contribution in [-0.2, 0) is 12.0 Å². The molecule has 1 aliphatic heterocycles. The smallest absolute Gasteiger partial charge is 0.0592 e. The first kappa shape index (κ1) is 11.5. The van der Waals surface area contributed by atoms with Crippen molar-refractivity contribution < 1.29 is 0 Å². The highest BCUT2D eigenvalue weighted by Crippen LogP contribution is 2.44. The zero-order valence-electron chi connectivity index (χ0n) is 11.6. The van der Waals surface area contributed by atoms with Crippen LogP contribution >= 0.6 is 0 Å². The second-order valence-electron chi connectivity index (χ2n) is 6.48. The van der Waals surface area contributed by atoms with Gasteiger partial charge in [0, 0.05) is 23.1 Å². The monoisotopic (exact) mass is 254 g/mol. The lowest BCUT2D eigenvalue weighted by atomic mass is 9.72. The Balaban J connectivity index is 1.90. The molecule has 2 aliphatic rings. The topological polar surface area (TPSA) is 27.8 Å². The third kappa shape index (κ3) is 1.66. The van der Waals surface area contributed by atoms with Gasteiger partial charge in [0.1, 0.15) is 0 Å². The molecule has 0 saturated heterocycles. The number of benzene rings is 1. The zero-order chi connectivity index (χ0) is 12.9. The molecule has 19 heavy (non-hydrogen) atoms. The van der Waals surface area contributed by atoms with Crippen LogP contribution in [0.1, 0.15) is 43.9 Å². The molecular formula is C17H22N2. The van der Waals surface area contributed by atoms with Gasteiger partial charge < -0.3 is 10.3 Å². The average Bonchev–Trinajstić information content (AvgIpc) is 2.80. The molecule has 1 saturated carbocycles. The molecule has 2 atom stereocenters. The van der Waals surface area contributed by atoms with Gasteiger partial charge in [0.2, 0.25) is 0 Å². The predicted molar refractivity (Wildman–Crippen MR) is 79.3 cm³/mol. The minimum absolute atomic E-state index is 0.226. The van der Waals surface area contributed by atoms with Gasteiger partial charge in [-0.15, -0.1) is 0 Å². The summed E-state index contributed by atoms with van der Waals surface area (Å²) in [4.78, 5) is 3.73. The van der Waals surface area contributed by atoms with Crippen molar-refractivity contribution in [3.63, 3.8) is 0 Å². The van der Waals surface area contributed by atoms with E-state index in [0.29, 0.717) is 0 Å². The predicted octanol–water partition coefficient (Wildman–Crippen LogP) is 3.72. The first-order valence-corrected chi connectivity index (χ1v) is 7.64. The van der Waals surface area contributed by atoms with Crippen molar-refractivity contribution in [2.24, 2.45) is 5.92 Å². The summed E-state index contributed by atoms with van der Waals surface area (Å²) in [5, 5.41) is 5.29. The molecule has 2 aromatic rings. The van der Waals surface area contributed by atoms with E-state index in [9.17, 15) is 0 Å². The molecule has 2 nitrogen and oxygen atoms in total. The van der Waals surface area contributed by atoms with Crippen LogP contribution in [0.5, 0.6) is 0 Å². The molecule has 0 radical (unpaired) electrons. The van der Waals surface area contributed by atoms with E-state index < -0.39 is 0 Å². The Morgan fingerprint density at radius 3 is 3.05 bits per heavy atom. The maximum absolute atomic E-state index is 3.85. The molecule has 0 bridgehead atoms. The van der Waals surface area contributed by atoms with E-state index in [2.05, 4.69) is 41.5 Å². The molecule has 1 aromatic carbocycles. The summed E-state index contributed by atoms with van der Waals surface area (Å²) in [7, 11) is 0. The van der Waals surface area contributed by atoms with Crippen LogP contribution in [0.4, 0.5) is 0 Å². The Labute approximate surface area is 114 Å². The molecule has 4 rings (SSSR count). The van der Waals surface area contributed by atoms with Crippen LogP contribution < -0.4 is 5.32 Å². The summed E-state index contributed by atoms with van der Waals surface area (Å²) >= 11 is 0. The third-order valence-electron chi connectivity index (χ3n) is 5.13. The van der Waals surface area contributed by atoms with Crippen LogP contribution in [-0.4, -0.2) is 11.5 Å². The fourth-order valence-electron chi connectivity index (χ4n) is 4.32. The maximum Gasteiger partial charge on any atom is 0.0592 e. The first-order valence-electron chi connectivity index (χ1n) is 7.64. The Kier molecular flexibility index (Phi) is 2.49. The van der Waals surface area contributed by atoms with Gasteiger partial charge in [-0.25, -0.2) is 0 Å². The van der Waals surface area contributed by atoms with Crippen molar-refractivity contribution in [1.29, 1.82) is 0 Å². The molecule has 1 fully saturated rings. The second kappa shape index (κ2) is 4.11. The number of fused-ring (bicyclic) bond motifs is 4. The molecule has 1 aromatic heterocycles. The van der Waals surface area contributed by atoms with E-state index in [1.165, 1.54) is 42.3 Å². The summed E-state index contributed by atoms with van der Waals surface area (Å²) < 4.78 is 0. The maximum atomic E-state index is 3.85. The van der Waals surface area contributed by atoms with E-state index in [4.69, 9.17) is 0 Å². The third-order valence-corrected chi connectivity index (χ3v) is 5.13. The Bertz CT molecular complexity index is 613. The summed E-state index contributed by atoms with van der Waals surface area (Å²) in [5.41, 5.74) is 4.60. The molecular weight excluding hydrogens is 232 g/mol. The number of H-pyrrole nitrogens is 1. The van der Waals surface area contributed by atoms with Gasteiger partial charge in [-0.05, 0) is 36.8 Å². The summed E-state index contributed by atoms with van der Waals surface area (Å²) in [6.45, 7) is 3.53. The minimum atomic E-state index is 0.226. The van der Waals surface area contributed by atoms with Crippen molar-refractivity contribution >= 4 is 10.9 Å². The molecule has 2 N–H and O–H groups in total. The van der Waals surface area contributed by atoms with Crippen molar-refractivity contribution in [2.75, 3.05) is 6.54 Å². The summed E-state index contributed by atoms with van der Waals surface area (Å²) in [5.74, 6) is 0.832. The normalized spacial score (nSPS) is 30.7. The Morgan fingerprint density at radius 1 is 1.26 bits per heavy atom. The second-order valence-corrected chi connectivity index (χ2v) is 6.48. The van der Waals surface area contributed by atoms with Crippen LogP contribution in [0.15, 0.2) is 24.3 Å². The van der Waals surface area contributed by atoms with Gasteiger partial charge in [0.15, 0.2) is 0 Å². The van der Waals surface area contributed by atoms with Gasteiger partial charge in [-0.1, -0.05) is 38.0 Å². The fourth-order valence-corrected chi connectivity index (χ4v) is 4.32. The lowest BCUT2D eigenvalue weighted by Gasteiger charge is -2.43. The number of aromatic amines is 1. The minimum Gasteiger partial charge on any atom is -0.357 e. The van der Waals surface area contributed by atoms with E-state index in [-0.39, 0.29) is 5.54 Å². The number of hydrogen-bond donors (Lipinski definition) is 2. The summed E-state index contributed by atoms with van der Waals surface area (Å²) in [6.07, 6.45) is 6.47. The van der Waals surface area contributed by atoms with E-state index in [1.807, 2.05) is 0 Å². The quantitative estimate of drug-likeness (QED) is 0.737. The summed E-state index contributed by atoms with van der Waals surface area (Å²) in [6, 6.07) is 8.78. The molecule has 0 unspecified atom stereocenters. The first-order chi connectivity index (χ1) is 9.28. The van der Waals surface area contributed by atoms with Crippen molar-refractivity contribution in [3.05, 3.63) is 35.5 Å². The number of aromatic nitrogens is 1. The van der Waals surface area contributed by atoms with Crippen molar-refractivity contribution in [3.8, 4) is 0 Å². The van der Waals surface area contributed by atoms with Crippen LogP contribution in [0.25, 0.3) is 10.9 Å². The largest absolute Gasteiger partial charge is 0.357 e. The highest BCUT2D eigenvalue weighted by Gasteiger charge is 2.41. The van der Waals surface area contributed by atoms with Gasteiger partial charge in [-0.2, -0.15) is 0 Å². The molecule has 2 heteroatoms. The van der Waals surface area contributed by atoms with Crippen molar-refractivity contribution in [2.45, 2.75) is 44.6 Å². The standard InChI is InChI=1S/C17H22N2/c1-12-5-4-9-17(11-12)16-14(8-10-18-17)13-6-2-3-7-15(13)19-16/h2-3,6-7,12,18-19H,4-5,8-11H2,1H3/t12-,17-/m0/s1. The van der Waals surface area contributed by atoms with Crippen LogP contribution in [0.3, 0.4) is 0 Å². The van der Waals surface area contributed by atoms with Gasteiger partial charge in [0.05, 0.1) is 5.54 Å². The lowest BCUT2D eigenvalue weighted by Crippen LogP contribution is -2.50. The number of nitrogens with one attached hydrogen (secondary N) is 2. The highest BCUT2D eigenvalue weighted by molar-refractivity contribution is 5.85. The van der Waals surface area contributed by atoms with Gasteiger partial charge in [0.25, 0.3) is 0 Å². The van der Waals surface area contributed by atoms with E-state index >= 15 is 0 Å². The lowest BCUT2D eigenvalue weighted by molar-refractivity contribution is 0.175. The SMILES string of the molecule is C[C@H]1CCC[C@@]2(C1)NCCc1c2[nH]c2ccccc12. The number of hydrogen-bond acceptors (Lipinski definition) is 1. The van der Waals surface area contributed by atoms with Gasteiger partial charge >= 0.3 is 0 Å². The number of para-hydroxylation sites is 1. The number of rotatable bonds is 0. The molecule has 0 amide bonds. The average molecular weight is 254 g/mol. The fraction of sp³-hybridized carbons (Fsp3) is 0.529. The zero-order valence-corrected chi connectivity index (χ0v) is 11.6. The molecule has 2 heterocycles. The van der Waals surface area contributed by atoms with E-state index in [1.54, 1.807) is 5.56 Å². The molecule has 1 spiro atoms. The van der Waals surface area contributed by atoms with E-state index in [0.717, 1.165) is 18.9 Å².